The minimum Gasteiger partial charge on any atom is -0.375 e. The van der Waals surface area contributed by atoms with E-state index < -0.39 is 11.7 Å². The van der Waals surface area contributed by atoms with Gasteiger partial charge < -0.3 is 5.73 Å². The molecule has 0 amide bonds. The standard InChI is InChI=1S/C10H8F3N2PS/c11-10(12,13)6-3-5(1-2-8(6)16)7-4-17-9(14)15-7/h1-4H,16H2,(H2,14,15). The lowest BCUT2D eigenvalue weighted by molar-refractivity contribution is -0.136. The van der Waals surface area contributed by atoms with Crippen LogP contribution in [0.3, 0.4) is 0 Å². The molecule has 1 unspecified atom stereocenters. The van der Waals surface area contributed by atoms with E-state index in [0.29, 0.717) is 16.4 Å². The second-order valence-electron chi connectivity index (χ2n) is 3.37. The first kappa shape index (κ1) is 12.3. The Morgan fingerprint density at radius 3 is 2.53 bits per heavy atom. The first-order valence-corrected chi connectivity index (χ1v) is 6.02. The van der Waals surface area contributed by atoms with Gasteiger partial charge in [0.25, 0.3) is 0 Å². The lowest BCUT2D eigenvalue weighted by Gasteiger charge is -2.10. The van der Waals surface area contributed by atoms with E-state index in [1.165, 1.54) is 17.4 Å². The SMILES string of the molecule is Nc1nc(-c2ccc(P)c(C(F)(F)F)c2)cs1. The number of alkyl halides is 3. The second-order valence-corrected chi connectivity index (χ2v) is 4.88. The smallest absolute Gasteiger partial charge is 0.375 e. The lowest BCUT2D eigenvalue weighted by Crippen LogP contribution is -2.14. The van der Waals surface area contributed by atoms with Gasteiger partial charge in [0.2, 0.25) is 0 Å². The van der Waals surface area contributed by atoms with E-state index in [1.807, 2.05) is 0 Å². The van der Waals surface area contributed by atoms with Gasteiger partial charge in [0, 0.05) is 10.9 Å². The molecule has 0 aliphatic heterocycles. The van der Waals surface area contributed by atoms with E-state index in [4.69, 9.17) is 5.73 Å². The number of rotatable bonds is 1. The molecule has 0 fully saturated rings. The van der Waals surface area contributed by atoms with Crippen LogP contribution in [0.25, 0.3) is 11.3 Å². The molecule has 0 saturated carbocycles. The van der Waals surface area contributed by atoms with E-state index in [9.17, 15) is 13.2 Å². The highest BCUT2D eigenvalue weighted by Gasteiger charge is 2.32. The number of nitrogen functional groups attached to an aromatic ring is 1. The van der Waals surface area contributed by atoms with Gasteiger partial charge >= 0.3 is 6.18 Å². The molecule has 2 rings (SSSR count). The first-order valence-electron chi connectivity index (χ1n) is 4.56. The molecule has 0 saturated heterocycles. The van der Waals surface area contributed by atoms with Crippen LogP contribution >= 0.6 is 20.6 Å². The summed E-state index contributed by atoms with van der Waals surface area (Å²) in [4.78, 5) is 3.96. The van der Waals surface area contributed by atoms with Crippen LogP contribution in [-0.4, -0.2) is 4.98 Å². The predicted octanol–water partition coefficient (Wildman–Crippen LogP) is 2.91. The number of halogens is 3. The topological polar surface area (TPSA) is 38.9 Å². The normalized spacial score (nSPS) is 11.8. The van der Waals surface area contributed by atoms with Crippen molar-refractivity contribution in [2.75, 3.05) is 5.73 Å². The fourth-order valence-electron chi connectivity index (χ4n) is 1.38. The van der Waals surface area contributed by atoms with Crippen LogP contribution < -0.4 is 11.0 Å². The fourth-order valence-corrected chi connectivity index (χ4v) is 2.30. The Morgan fingerprint density at radius 1 is 1.29 bits per heavy atom. The molecule has 1 aromatic heterocycles. The lowest BCUT2D eigenvalue weighted by atomic mass is 10.1. The van der Waals surface area contributed by atoms with E-state index >= 15 is 0 Å². The van der Waals surface area contributed by atoms with Crippen LogP contribution in [0.2, 0.25) is 0 Å². The molecule has 1 heterocycles. The van der Waals surface area contributed by atoms with E-state index in [1.54, 1.807) is 11.4 Å². The summed E-state index contributed by atoms with van der Waals surface area (Å²) in [6, 6.07) is 4.07. The molecule has 2 nitrogen and oxygen atoms in total. The zero-order valence-electron chi connectivity index (χ0n) is 8.45. The van der Waals surface area contributed by atoms with Gasteiger partial charge in [0.1, 0.15) is 0 Å². The highest BCUT2D eigenvalue weighted by atomic mass is 32.1. The Morgan fingerprint density at radius 2 is 2.00 bits per heavy atom. The predicted molar refractivity (Wildman–Crippen MR) is 66.3 cm³/mol. The van der Waals surface area contributed by atoms with Crippen LogP contribution in [0.15, 0.2) is 23.6 Å². The molecular formula is C10H8F3N2PS. The van der Waals surface area contributed by atoms with Crippen molar-refractivity contribution in [3.63, 3.8) is 0 Å². The number of hydrogen-bond donors (Lipinski definition) is 1. The van der Waals surface area contributed by atoms with E-state index in [-0.39, 0.29) is 5.30 Å². The van der Waals surface area contributed by atoms with Gasteiger partial charge in [-0.25, -0.2) is 4.98 Å². The Balaban J connectivity index is 2.51. The summed E-state index contributed by atoms with van der Waals surface area (Å²) in [6.07, 6.45) is -4.37. The third kappa shape index (κ3) is 2.58. The maximum Gasteiger partial charge on any atom is 0.417 e. The van der Waals surface area contributed by atoms with Crippen LogP contribution in [0.1, 0.15) is 5.56 Å². The molecule has 1 atom stereocenters. The van der Waals surface area contributed by atoms with Crippen LogP contribution in [0, 0.1) is 0 Å². The average Bonchev–Trinajstić information content (AvgIpc) is 2.64. The quantitative estimate of drug-likeness (QED) is 0.813. The number of nitrogens with zero attached hydrogens (tertiary/aromatic N) is 1. The highest BCUT2D eigenvalue weighted by molar-refractivity contribution is 7.27. The molecular weight excluding hydrogens is 268 g/mol. The van der Waals surface area contributed by atoms with Gasteiger partial charge in [0.15, 0.2) is 5.13 Å². The van der Waals surface area contributed by atoms with Gasteiger partial charge in [0.05, 0.1) is 11.3 Å². The van der Waals surface area contributed by atoms with Crippen LogP contribution in [-0.2, 0) is 6.18 Å². The zero-order chi connectivity index (χ0) is 12.6. The molecule has 1 aromatic carbocycles. The molecule has 2 aromatic rings. The molecule has 0 aliphatic carbocycles. The number of aromatic nitrogens is 1. The minimum absolute atomic E-state index is 0.115. The number of anilines is 1. The Labute approximate surface area is 102 Å². The zero-order valence-corrected chi connectivity index (χ0v) is 10.4. The monoisotopic (exact) mass is 276 g/mol. The summed E-state index contributed by atoms with van der Waals surface area (Å²) in [5, 5.41) is 2.08. The van der Waals surface area contributed by atoms with Crippen molar-refractivity contribution in [1.82, 2.24) is 4.98 Å². The van der Waals surface area contributed by atoms with Gasteiger partial charge in [-0.2, -0.15) is 13.2 Å². The van der Waals surface area contributed by atoms with Crippen molar-refractivity contribution >= 4 is 31.0 Å². The fraction of sp³-hybridized carbons (Fsp3) is 0.100. The van der Waals surface area contributed by atoms with E-state index in [0.717, 1.165) is 6.07 Å². The maximum absolute atomic E-state index is 12.7. The third-order valence-corrected chi connectivity index (χ3v) is 3.35. The van der Waals surface area contributed by atoms with Crippen molar-refractivity contribution < 1.29 is 13.2 Å². The van der Waals surface area contributed by atoms with Crippen molar-refractivity contribution in [1.29, 1.82) is 0 Å². The molecule has 0 radical (unpaired) electrons. The largest absolute Gasteiger partial charge is 0.417 e. The van der Waals surface area contributed by atoms with E-state index in [2.05, 4.69) is 14.2 Å². The summed E-state index contributed by atoms with van der Waals surface area (Å²) >= 11 is 1.20. The van der Waals surface area contributed by atoms with Crippen molar-refractivity contribution in [2.45, 2.75) is 6.18 Å². The minimum atomic E-state index is -4.37. The number of hydrogen-bond acceptors (Lipinski definition) is 3. The van der Waals surface area contributed by atoms with Crippen molar-refractivity contribution in [3.8, 4) is 11.3 Å². The Bertz CT molecular complexity index is 551. The highest BCUT2D eigenvalue weighted by Crippen LogP contribution is 2.32. The summed E-state index contributed by atoms with van der Waals surface area (Å²) in [6.45, 7) is 0. The molecule has 17 heavy (non-hydrogen) atoms. The molecule has 0 spiro atoms. The van der Waals surface area contributed by atoms with Crippen molar-refractivity contribution in [3.05, 3.63) is 29.1 Å². The summed E-state index contributed by atoms with van der Waals surface area (Å²) < 4.78 is 38.1. The Hall–Kier alpha value is -1.13. The maximum atomic E-state index is 12.7. The van der Waals surface area contributed by atoms with Crippen LogP contribution in [0.4, 0.5) is 18.3 Å². The van der Waals surface area contributed by atoms with Gasteiger partial charge in [-0.3, -0.25) is 0 Å². The average molecular weight is 276 g/mol. The summed E-state index contributed by atoms with van der Waals surface area (Å²) in [5.74, 6) is 0. The second kappa shape index (κ2) is 4.27. The number of benzene rings is 1. The van der Waals surface area contributed by atoms with Crippen molar-refractivity contribution in [2.24, 2.45) is 0 Å². The molecule has 7 heteroatoms. The summed E-state index contributed by atoms with van der Waals surface area (Å²) in [5.41, 5.74) is 5.65. The Kier molecular flexibility index (Phi) is 3.10. The summed E-state index contributed by atoms with van der Waals surface area (Å²) in [7, 11) is 2.08. The number of thiazole rings is 1. The molecule has 0 aliphatic rings. The van der Waals surface area contributed by atoms with Gasteiger partial charge in [-0.15, -0.1) is 20.6 Å². The molecule has 2 N–H and O–H groups in total. The molecule has 90 valence electrons. The van der Waals surface area contributed by atoms with Gasteiger partial charge in [-0.05, 0) is 11.4 Å². The van der Waals surface area contributed by atoms with Crippen LogP contribution in [0.5, 0.6) is 0 Å². The first-order chi connectivity index (χ1) is 7.88. The number of nitrogens with two attached hydrogens (primary N) is 1. The van der Waals surface area contributed by atoms with Gasteiger partial charge in [-0.1, -0.05) is 12.1 Å². The third-order valence-electron chi connectivity index (χ3n) is 2.18. The molecule has 0 bridgehead atoms.